The Kier molecular flexibility index (Phi) is 6.10. The van der Waals surface area contributed by atoms with Crippen LogP contribution in [0.5, 0.6) is 0 Å². The van der Waals surface area contributed by atoms with Gasteiger partial charge in [0.1, 0.15) is 0 Å². The van der Waals surface area contributed by atoms with Gasteiger partial charge < -0.3 is 0 Å². The number of benzene rings is 1. The van der Waals surface area contributed by atoms with Crippen molar-refractivity contribution in [3.63, 3.8) is 0 Å². The molecule has 0 saturated heterocycles. The molecule has 84 valence electrons. The minimum atomic E-state index is 0.313. The molecule has 0 spiro atoms. The van der Waals surface area contributed by atoms with Gasteiger partial charge in [0.15, 0.2) is 0 Å². The second kappa shape index (κ2) is 7.12. The summed E-state index contributed by atoms with van der Waals surface area (Å²) in [6, 6.07) is 8.23. The standard InChI is InChI=1S/C11H17ClN2S/c1-2-15-8-11(14-13)7-9-4-3-5-10(12)6-9/h3-6,11,14H,2,7-8,13H2,1H3. The molecule has 2 nitrogen and oxygen atoms in total. The van der Waals surface area contributed by atoms with E-state index in [1.165, 1.54) is 5.56 Å². The number of hydrogen-bond donors (Lipinski definition) is 2. The molecule has 0 amide bonds. The minimum absolute atomic E-state index is 0.313. The molecule has 1 atom stereocenters. The molecule has 0 heterocycles. The molecule has 0 aliphatic carbocycles. The summed E-state index contributed by atoms with van der Waals surface area (Å²) in [6.07, 6.45) is 0.921. The Morgan fingerprint density at radius 3 is 2.93 bits per heavy atom. The fraction of sp³-hybridized carbons (Fsp3) is 0.455. The highest BCUT2D eigenvalue weighted by molar-refractivity contribution is 7.99. The van der Waals surface area contributed by atoms with Gasteiger partial charge in [-0.05, 0) is 29.9 Å². The molecule has 15 heavy (non-hydrogen) atoms. The molecule has 1 unspecified atom stereocenters. The Labute approximate surface area is 101 Å². The summed E-state index contributed by atoms with van der Waals surface area (Å²) in [4.78, 5) is 0. The first kappa shape index (κ1) is 12.8. The quantitative estimate of drug-likeness (QED) is 0.597. The second-order valence-corrected chi connectivity index (χ2v) is 5.11. The van der Waals surface area contributed by atoms with Crippen molar-refractivity contribution in [2.45, 2.75) is 19.4 Å². The van der Waals surface area contributed by atoms with E-state index in [1.807, 2.05) is 30.0 Å². The SMILES string of the molecule is CCSCC(Cc1cccc(Cl)c1)NN. The van der Waals surface area contributed by atoms with Crippen molar-refractivity contribution in [1.29, 1.82) is 0 Å². The third-order valence-corrected chi connectivity index (χ3v) is 3.41. The summed E-state index contributed by atoms with van der Waals surface area (Å²) in [5, 5.41) is 0.784. The fourth-order valence-electron chi connectivity index (χ4n) is 1.37. The normalized spacial score (nSPS) is 12.7. The molecule has 0 saturated carbocycles. The summed E-state index contributed by atoms with van der Waals surface area (Å²) in [6.45, 7) is 2.15. The van der Waals surface area contributed by atoms with Gasteiger partial charge in [0, 0.05) is 16.8 Å². The number of nitrogens with one attached hydrogen (secondary N) is 1. The largest absolute Gasteiger partial charge is 0.271 e. The number of nitrogens with two attached hydrogens (primary N) is 1. The van der Waals surface area contributed by atoms with Crippen molar-refractivity contribution in [1.82, 2.24) is 5.43 Å². The van der Waals surface area contributed by atoms with Gasteiger partial charge in [-0.1, -0.05) is 30.7 Å². The third kappa shape index (κ3) is 4.89. The van der Waals surface area contributed by atoms with E-state index in [-0.39, 0.29) is 0 Å². The lowest BCUT2D eigenvalue weighted by Crippen LogP contribution is -2.38. The highest BCUT2D eigenvalue weighted by Gasteiger charge is 2.07. The zero-order valence-electron chi connectivity index (χ0n) is 8.87. The van der Waals surface area contributed by atoms with Crippen LogP contribution in [0.3, 0.4) is 0 Å². The number of hydrogen-bond acceptors (Lipinski definition) is 3. The van der Waals surface area contributed by atoms with Crippen molar-refractivity contribution >= 4 is 23.4 Å². The van der Waals surface area contributed by atoms with Gasteiger partial charge in [0.25, 0.3) is 0 Å². The van der Waals surface area contributed by atoms with E-state index in [2.05, 4.69) is 18.4 Å². The lowest BCUT2D eigenvalue weighted by molar-refractivity contribution is 0.575. The second-order valence-electron chi connectivity index (χ2n) is 3.36. The Bertz CT molecular complexity index is 294. The number of halogens is 1. The first-order chi connectivity index (χ1) is 7.26. The van der Waals surface area contributed by atoms with Crippen LogP contribution in [-0.2, 0) is 6.42 Å². The van der Waals surface area contributed by atoms with Crippen LogP contribution in [0, 0.1) is 0 Å². The van der Waals surface area contributed by atoms with Crippen molar-refractivity contribution in [2.24, 2.45) is 5.84 Å². The third-order valence-electron chi connectivity index (χ3n) is 2.13. The van der Waals surface area contributed by atoms with Crippen LogP contribution in [0.2, 0.25) is 5.02 Å². The molecular weight excluding hydrogens is 228 g/mol. The lowest BCUT2D eigenvalue weighted by atomic mass is 10.1. The average Bonchev–Trinajstić information content (AvgIpc) is 2.24. The van der Waals surface area contributed by atoms with Gasteiger partial charge in [-0.25, -0.2) is 0 Å². The predicted octanol–water partition coefficient (Wildman–Crippen LogP) is 2.47. The molecule has 0 aliphatic heterocycles. The van der Waals surface area contributed by atoms with Crippen molar-refractivity contribution in [3.8, 4) is 0 Å². The van der Waals surface area contributed by atoms with Crippen LogP contribution in [0.1, 0.15) is 12.5 Å². The minimum Gasteiger partial charge on any atom is -0.271 e. The molecule has 1 aromatic rings. The molecule has 0 fully saturated rings. The van der Waals surface area contributed by atoms with Crippen LogP contribution >= 0.6 is 23.4 Å². The summed E-state index contributed by atoms with van der Waals surface area (Å²) in [5.41, 5.74) is 4.07. The van der Waals surface area contributed by atoms with E-state index in [0.717, 1.165) is 22.9 Å². The molecule has 0 bridgehead atoms. The van der Waals surface area contributed by atoms with Gasteiger partial charge >= 0.3 is 0 Å². The smallest absolute Gasteiger partial charge is 0.0408 e. The number of thioether (sulfide) groups is 1. The molecule has 0 aromatic heterocycles. The van der Waals surface area contributed by atoms with Gasteiger partial charge in [-0.3, -0.25) is 11.3 Å². The van der Waals surface area contributed by atoms with Crippen LogP contribution < -0.4 is 11.3 Å². The van der Waals surface area contributed by atoms with Gasteiger partial charge in [0.2, 0.25) is 0 Å². The van der Waals surface area contributed by atoms with E-state index < -0.39 is 0 Å². The van der Waals surface area contributed by atoms with Crippen molar-refractivity contribution in [2.75, 3.05) is 11.5 Å². The number of rotatable bonds is 6. The van der Waals surface area contributed by atoms with Crippen LogP contribution in [0.25, 0.3) is 0 Å². The lowest BCUT2D eigenvalue weighted by Gasteiger charge is -2.15. The zero-order valence-corrected chi connectivity index (χ0v) is 10.4. The summed E-state index contributed by atoms with van der Waals surface area (Å²) < 4.78 is 0. The summed E-state index contributed by atoms with van der Waals surface area (Å²) in [7, 11) is 0. The van der Waals surface area contributed by atoms with Gasteiger partial charge in [-0.2, -0.15) is 11.8 Å². The molecular formula is C11H17ClN2S. The van der Waals surface area contributed by atoms with Gasteiger partial charge in [0.05, 0.1) is 0 Å². The summed E-state index contributed by atoms with van der Waals surface area (Å²) >= 11 is 7.81. The molecule has 1 aromatic carbocycles. The molecule has 4 heteroatoms. The Morgan fingerprint density at radius 2 is 2.33 bits per heavy atom. The summed E-state index contributed by atoms with van der Waals surface area (Å²) in [5.74, 6) is 7.65. The maximum Gasteiger partial charge on any atom is 0.0408 e. The van der Waals surface area contributed by atoms with E-state index in [1.54, 1.807) is 0 Å². The highest BCUT2D eigenvalue weighted by atomic mass is 35.5. The molecule has 1 rings (SSSR count). The molecule has 0 radical (unpaired) electrons. The molecule has 0 aliphatic rings. The zero-order chi connectivity index (χ0) is 11.1. The predicted molar refractivity (Wildman–Crippen MR) is 69.3 cm³/mol. The topological polar surface area (TPSA) is 38.0 Å². The Hall–Kier alpha value is -0.220. The van der Waals surface area contributed by atoms with Crippen LogP contribution in [0.15, 0.2) is 24.3 Å². The first-order valence-electron chi connectivity index (χ1n) is 5.04. The first-order valence-corrected chi connectivity index (χ1v) is 6.57. The highest BCUT2D eigenvalue weighted by Crippen LogP contribution is 2.13. The maximum absolute atomic E-state index is 5.92. The Balaban J connectivity index is 2.50. The van der Waals surface area contributed by atoms with Crippen molar-refractivity contribution < 1.29 is 0 Å². The van der Waals surface area contributed by atoms with Crippen molar-refractivity contribution in [3.05, 3.63) is 34.9 Å². The fourth-order valence-corrected chi connectivity index (χ4v) is 2.32. The molecule has 3 N–H and O–H groups in total. The van der Waals surface area contributed by atoms with E-state index in [0.29, 0.717) is 6.04 Å². The van der Waals surface area contributed by atoms with Crippen LogP contribution in [0.4, 0.5) is 0 Å². The van der Waals surface area contributed by atoms with Gasteiger partial charge in [-0.15, -0.1) is 0 Å². The maximum atomic E-state index is 5.92. The van der Waals surface area contributed by atoms with E-state index in [9.17, 15) is 0 Å². The van der Waals surface area contributed by atoms with E-state index >= 15 is 0 Å². The number of hydrazine groups is 1. The van der Waals surface area contributed by atoms with Crippen LogP contribution in [-0.4, -0.2) is 17.5 Å². The van der Waals surface area contributed by atoms with E-state index in [4.69, 9.17) is 17.4 Å². The average molecular weight is 245 g/mol. The monoisotopic (exact) mass is 244 g/mol. The Morgan fingerprint density at radius 1 is 1.53 bits per heavy atom.